The lowest BCUT2D eigenvalue weighted by Gasteiger charge is -2.37. The molecule has 0 amide bonds. The largest absolute Gasteiger partial charge is 0.422 e. The predicted octanol–water partition coefficient (Wildman–Crippen LogP) is 10.8. The molecule has 0 spiro atoms. The molecule has 2 aromatic carbocycles. The van der Waals surface area contributed by atoms with Gasteiger partial charge in [-0.3, -0.25) is 0 Å². The van der Waals surface area contributed by atoms with Crippen LogP contribution in [0, 0.1) is 35.2 Å². The fourth-order valence-electron chi connectivity index (χ4n) is 7.74. The van der Waals surface area contributed by atoms with Gasteiger partial charge in [0.25, 0.3) is 0 Å². The maximum absolute atomic E-state index is 15.3. The molecule has 212 valence electrons. The van der Waals surface area contributed by atoms with Crippen LogP contribution in [0.1, 0.15) is 117 Å². The average molecular weight is 549 g/mol. The molecule has 0 nitrogen and oxygen atoms in total. The van der Waals surface area contributed by atoms with Gasteiger partial charge < -0.3 is 0 Å². The van der Waals surface area contributed by atoms with E-state index < -0.39 is 23.4 Å². The second-order valence-electron chi connectivity index (χ2n) is 12.2. The summed E-state index contributed by atoms with van der Waals surface area (Å²) in [6, 6.07) is 7.32. The van der Waals surface area contributed by atoms with Crippen LogP contribution in [0.3, 0.4) is 0 Å². The maximum Gasteiger partial charge on any atom is 0.422 e. The van der Waals surface area contributed by atoms with E-state index in [9.17, 15) is 22.0 Å². The first kappa shape index (κ1) is 28.3. The Bertz CT molecular complexity index is 1120. The van der Waals surface area contributed by atoms with Gasteiger partial charge in [0.2, 0.25) is 0 Å². The molecule has 5 rings (SSSR count). The predicted molar refractivity (Wildman–Crippen MR) is 142 cm³/mol. The Hall–Kier alpha value is -2.24. The van der Waals surface area contributed by atoms with Gasteiger partial charge in [-0.05, 0) is 147 Å². The van der Waals surface area contributed by atoms with E-state index in [4.69, 9.17) is 0 Å². The van der Waals surface area contributed by atoms with Crippen LogP contribution in [0.25, 0.3) is 0 Å². The van der Waals surface area contributed by atoms with Gasteiger partial charge in [0.05, 0.1) is 0 Å². The van der Waals surface area contributed by atoms with Crippen molar-refractivity contribution in [2.45, 2.75) is 101 Å². The summed E-state index contributed by atoms with van der Waals surface area (Å²) < 4.78 is 82.2. The summed E-state index contributed by atoms with van der Waals surface area (Å²) in [6.07, 6.45) is 9.18. The number of benzene rings is 2. The van der Waals surface area contributed by atoms with E-state index >= 15 is 4.39 Å². The van der Waals surface area contributed by atoms with Gasteiger partial charge in [0.1, 0.15) is 23.0 Å². The fourth-order valence-corrected chi connectivity index (χ4v) is 7.74. The van der Waals surface area contributed by atoms with E-state index in [1.165, 1.54) is 38.5 Å². The van der Waals surface area contributed by atoms with Crippen LogP contribution in [0.5, 0.6) is 0 Å². The Morgan fingerprint density at radius 2 is 1.05 bits per heavy atom. The van der Waals surface area contributed by atoms with Crippen molar-refractivity contribution in [2.75, 3.05) is 0 Å². The molecule has 0 unspecified atom stereocenters. The Kier molecular flexibility index (Phi) is 8.49. The fraction of sp³-hybridized carbons (Fsp3) is 0.576. The quantitative estimate of drug-likeness (QED) is 0.258. The zero-order valence-corrected chi connectivity index (χ0v) is 22.4. The summed E-state index contributed by atoms with van der Waals surface area (Å²) in [5.41, 5.74) is 0.159. The second-order valence-corrected chi connectivity index (χ2v) is 12.2. The van der Waals surface area contributed by atoms with E-state index in [2.05, 4.69) is 18.7 Å². The molecule has 0 aromatic heterocycles. The van der Waals surface area contributed by atoms with Crippen LogP contribution in [-0.2, 0) is 6.18 Å². The number of hydrogen-bond donors (Lipinski definition) is 0. The standard InChI is InChI=1S/C33H38F6/c1-2-20-3-5-21(6-4-20)22-7-9-23(10-8-22)26-15-16-28(29(34)17-26)25-13-11-24(12-14-25)27-18-30(35)32(31(36)19-27)33(37,38)39/h2,15-25H,1,3-14H2. The molecule has 6 heteroatoms. The SMILES string of the molecule is C=CC1CCC(C2CCC(c3ccc(C4CCC(c5cc(F)c(C(F)(F)F)c(F)c5)CC4)c(F)c3)CC2)CC1. The highest BCUT2D eigenvalue weighted by atomic mass is 19.4. The third-order valence-corrected chi connectivity index (χ3v) is 10.1. The van der Waals surface area contributed by atoms with Gasteiger partial charge in [0.15, 0.2) is 0 Å². The molecule has 0 radical (unpaired) electrons. The van der Waals surface area contributed by atoms with Crippen molar-refractivity contribution >= 4 is 0 Å². The lowest BCUT2D eigenvalue weighted by molar-refractivity contribution is -0.142. The molecule has 2 aromatic rings. The Morgan fingerprint density at radius 3 is 1.56 bits per heavy atom. The van der Waals surface area contributed by atoms with Gasteiger partial charge in [-0.2, -0.15) is 13.2 Å². The first-order valence-corrected chi connectivity index (χ1v) is 14.6. The number of hydrogen-bond acceptors (Lipinski definition) is 0. The molecular weight excluding hydrogens is 510 g/mol. The molecule has 0 saturated heterocycles. The van der Waals surface area contributed by atoms with Crippen molar-refractivity contribution in [3.05, 3.63) is 82.7 Å². The number of alkyl halides is 3. The van der Waals surface area contributed by atoms with E-state index in [0.29, 0.717) is 43.1 Å². The Balaban J connectivity index is 1.16. The molecule has 0 N–H and O–H groups in total. The summed E-state index contributed by atoms with van der Waals surface area (Å²) >= 11 is 0. The summed E-state index contributed by atoms with van der Waals surface area (Å²) in [6.45, 7) is 3.95. The first-order chi connectivity index (χ1) is 18.6. The minimum Gasteiger partial charge on any atom is -0.207 e. The molecule has 0 heterocycles. The van der Waals surface area contributed by atoms with E-state index in [1.807, 2.05) is 6.07 Å². The maximum atomic E-state index is 15.3. The third-order valence-electron chi connectivity index (χ3n) is 10.1. The molecule has 3 saturated carbocycles. The van der Waals surface area contributed by atoms with Crippen LogP contribution in [0.15, 0.2) is 43.0 Å². The molecule has 0 bridgehead atoms. The van der Waals surface area contributed by atoms with Crippen molar-refractivity contribution in [3.8, 4) is 0 Å². The van der Waals surface area contributed by atoms with Crippen molar-refractivity contribution in [1.82, 2.24) is 0 Å². The van der Waals surface area contributed by atoms with Gasteiger partial charge in [0, 0.05) is 0 Å². The molecule has 0 atom stereocenters. The van der Waals surface area contributed by atoms with Gasteiger partial charge in [-0.1, -0.05) is 18.2 Å². The van der Waals surface area contributed by atoms with Crippen LogP contribution in [0.2, 0.25) is 0 Å². The first-order valence-electron chi connectivity index (χ1n) is 14.6. The third kappa shape index (κ3) is 6.25. The minimum atomic E-state index is -5.07. The molecule has 3 aliphatic carbocycles. The molecule has 3 aliphatic rings. The zero-order chi connectivity index (χ0) is 27.7. The van der Waals surface area contributed by atoms with Gasteiger partial charge >= 0.3 is 6.18 Å². The highest BCUT2D eigenvalue weighted by Gasteiger charge is 2.39. The highest BCUT2D eigenvalue weighted by Crippen LogP contribution is 2.46. The minimum absolute atomic E-state index is 0.000807. The summed E-state index contributed by atoms with van der Waals surface area (Å²) in [5, 5.41) is 0. The van der Waals surface area contributed by atoms with Crippen LogP contribution in [-0.4, -0.2) is 0 Å². The number of halogens is 6. The van der Waals surface area contributed by atoms with E-state index in [0.717, 1.165) is 42.4 Å². The van der Waals surface area contributed by atoms with Crippen molar-refractivity contribution < 1.29 is 26.3 Å². The smallest absolute Gasteiger partial charge is 0.207 e. The average Bonchev–Trinajstić information content (AvgIpc) is 2.92. The summed E-state index contributed by atoms with van der Waals surface area (Å²) in [7, 11) is 0. The second kappa shape index (κ2) is 11.7. The monoisotopic (exact) mass is 548 g/mol. The summed E-state index contributed by atoms with van der Waals surface area (Å²) in [5.74, 6) is -0.875. The topological polar surface area (TPSA) is 0 Å². The van der Waals surface area contributed by atoms with Crippen molar-refractivity contribution in [1.29, 1.82) is 0 Å². The van der Waals surface area contributed by atoms with E-state index in [-0.39, 0.29) is 23.2 Å². The summed E-state index contributed by atoms with van der Waals surface area (Å²) in [4.78, 5) is 0. The van der Waals surface area contributed by atoms with Gasteiger partial charge in [-0.15, -0.1) is 6.58 Å². The van der Waals surface area contributed by atoms with Gasteiger partial charge in [-0.25, -0.2) is 13.2 Å². The number of allylic oxidation sites excluding steroid dienone is 1. The van der Waals surface area contributed by atoms with Crippen LogP contribution in [0.4, 0.5) is 26.3 Å². The lowest BCUT2D eigenvalue weighted by Crippen LogP contribution is -2.25. The normalized spacial score (nSPS) is 30.2. The van der Waals surface area contributed by atoms with Crippen LogP contribution >= 0.6 is 0 Å². The number of rotatable bonds is 5. The zero-order valence-electron chi connectivity index (χ0n) is 22.4. The Labute approximate surface area is 227 Å². The molecule has 39 heavy (non-hydrogen) atoms. The molecular formula is C33H38F6. The molecule has 0 aliphatic heterocycles. The highest BCUT2D eigenvalue weighted by molar-refractivity contribution is 5.33. The lowest BCUT2D eigenvalue weighted by atomic mass is 9.68. The van der Waals surface area contributed by atoms with Crippen molar-refractivity contribution in [3.63, 3.8) is 0 Å². The molecule has 3 fully saturated rings. The van der Waals surface area contributed by atoms with Crippen LogP contribution < -0.4 is 0 Å². The van der Waals surface area contributed by atoms with Crippen molar-refractivity contribution in [2.24, 2.45) is 17.8 Å². The van der Waals surface area contributed by atoms with E-state index in [1.54, 1.807) is 6.07 Å². The Morgan fingerprint density at radius 1 is 0.590 bits per heavy atom.